The van der Waals surface area contributed by atoms with E-state index in [4.69, 9.17) is 0 Å². The second-order valence-electron chi connectivity index (χ2n) is 11.2. The van der Waals surface area contributed by atoms with Crippen molar-refractivity contribution >= 4 is 23.2 Å². The third-order valence-electron chi connectivity index (χ3n) is 6.94. The Morgan fingerprint density at radius 3 is 2.32 bits per heavy atom. The maximum absolute atomic E-state index is 12.6. The highest BCUT2D eigenvalue weighted by atomic mass is 16.3. The number of amides is 2. The van der Waals surface area contributed by atoms with Gasteiger partial charge in [-0.25, -0.2) is 9.48 Å². The third-order valence-corrected chi connectivity index (χ3v) is 6.94. The van der Waals surface area contributed by atoms with Crippen LogP contribution in [0.4, 0.5) is 22.0 Å². The Balaban J connectivity index is 1.38. The maximum Gasteiger partial charge on any atom is 0.324 e. The zero-order chi connectivity index (χ0) is 26.8. The molecule has 2 aromatic carbocycles. The molecule has 2 amide bonds. The number of benzene rings is 2. The minimum Gasteiger partial charge on any atom is -0.390 e. The van der Waals surface area contributed by atoms with Crippen LogP contribution < -0.4 is 15.5 Å². The van der Waals surface area contributed by atoms with Gasteiger partial charge in [-0.05, 0) is 73.9 Å². The summed E-state index contributed by atoms with van der Waals surface area (Å²) in [4.78, 5) is 14.7. The average Bonchev–Trinajstić information content (AvgIpc) is 3.31. The minimum atomic E-state index is -0.701. The highest BCUT2D eigenvalue weighted by molar-refractivity contribution is 5.99. The molecule has 1 aliphatic rings. The molecule has 9 heteroatoms. The number of nitrogens with one attached hydrogen (secondary N) is 2. The number of urea groups is 1. The van der Waals surface area contributed by atoms with Crippen LogP contribution in [0.1, 0.15) is 58.6 Å². The van der Waals surface area contributed by atoms with Crippen LogP contribution in [0.25, 0.3) is 5.69 Å². The fourth-order valence-electron chi connectivity index (χ4n) is 4.65. The van der Waals surface area contributed by atoms with Crippen LogP contribution in [0.2, 0.25) is 0 Å². The molecule has 1 saturated heterocycles. The van der Waals surface area contributed by atoms with Crippen molar-refractivity contribution < 1.29 is 9.90 Å². The monoisotopic (exact) mass is 501 g/mol. The van der Waals surface area contributed by atoms with Gasteiger partial charge in [0.25, 0.3) is 0 Å². The molecule has 0 saturated carbocycles. The van der Waals surface area contributed by atoms with Crippen LogP contribution in [0.3, 0.4) is 0 Å². The average molecular weight is 502 g/mol. The van der Waals surface area contributed by atoms with E-state index in [9.17, 15) is 15.2 Å². The molecule has 9 nitrogen and oxygen atoms in total. The first-order valence-corrected chi connectivity index (χ1v) is 12.6. The summed E-state index contributed by atoms with van der Waals surface area (Å²) >= 11 is 0. The Morgan fingerprint density at radius 1 is 1.05 bits per heavy atom. The summed E-state index contributed by atoms with van der Waals surface area (Å²) in [6.45, 7) is 11.7. The summed E-state index contributed by atoms with van der Waals surface area (Å²) < 4.78 is 1.60. The lowest BCUT2D eigenvalue weighted by Gasteiger charge is -2.39. The smallest absolute Gasteiger partial charge is 0.324 e. The van der Waals surface area contributed by atoms with Crippen molar-refractivity contribution in [3.8, 4) is 11.8 Å². The molecule has 194 valence electrons. The van der Waals surface area contributed by atoms with Crippen molar-refractivity contribution in [1.29, 1.82) is 5.26 Å². The second kappa shape index (κ2) is 10.2. The van der Waals surface area contributed by atoms with Gasteiger partial charge in [-0.1, -0.05) is 38.1 Å². The molecular formula is C28H35N7O2. The standard InChI is InChI=1S/C28H35N7O2/c1-27(2,3)20-6-9-23(10-7-20)35-18-25(32-33-35)31-26(36)30-22-8-11-24(19(16-22)17-29)34-14-12-21(13-15-34)28(4,5)37/h6-11,16,18,21,37H,12-15H2,1-5H3,(H2,30,31,36). The Labute approximate surface area is 218 Å². The first-order chi connectivity index (χ1) is 17.4. The number of rotatable bonds is 5. The van der Waals surface area contributed by atoms with Crippen molar-refractivity contribution in [2.45, 2.75) is 58.5 Å². The summed E-state index contributed by atoms with van der Waals surface area (Å²) in [5, 5.41) is 33.6. The van der Waals surface area contributed by atoms with Crippen molar-refractivity contribution in [3.05, 3.63) is 59.8 Å². The highest BCUT2D eigenvalue weighted by Gasteiger charge is 2.31. The lowest BCUT2D eigenvalue weighted by atomic mass is 9.83. The first kappa shape index (κ1) is 26.2. The zero-order valence-electron chi connectivity index (χ0n) is 22.1. The second-order valence-corrected chi connectivity index (χ2v) is 11.2. The Hall–Kier alpha value is -3.90. The van der Waals surface area contributed by atoms with E-state index in [-0.39, 0.29) is 11.3 Å². The van der Waals surface area contributed by atoms with E-state index in [0.717, 1.165) is 37.3 Å². The number of nitrogens with zero attached hydrogens (tertiary/aromatic N) is 5. The van der Waals surface area contributed by atoms with E-state index in [1.807, 2.05) is 32.0 Å². The predicted octanol–water partition coefficient (Wildman–Crippen LogP) is 5.07. The summed E-state index contributed by atoms with van der Waals surface area (Å²) in [6.07, 6.45) is 3.36. The van der Waals surface area contributed by atoms with Crippen molar-refractivity contribution in [2.24, 2.45) is 5.92 Å². The van der Waals surface area contributed by atoms with E-state index < -0.39 is 11.6 Å². The fourth-order valence-corrected chi connectivity index (χ4v) is 4.65. The SMILES string of the molecule is CC(C)(C)c1ccc(-n2cc(NC(=O)Nc3ccc(N4CCC(C(C)(C)O)CC4)c(C#N)c3)nn2)cc1. The fraction of sp³-hybridized carbons (Fsp3) is 0.429. The minimum absolute atomic E-state index is 0.0588. The van der Waals surface area contributed by atoms with Crippen molar-refractivity contribution in [3.63, 3.8) is 0 Å². The molecule has 0 unspecified atom stereocenters. The lowest BCUT2D eigenvalue weighted by molar-refractivity contribution is 0.00651. The summed E-state index contributed by atoms with van der Waals surface area (Å²) in [5.74, 6) is 0.545. The lowest BCUT2D eigenvalue weighted by Crippen LogP contribution is -2.42. The van der Waals surface area contributed by atoms with Crippen LogP contribution >= 0.6 is 0 Å². The van der Waals surface area contributed by atoms with Crippen molar-refractivity contribution in [1.82, 2.24) is 15.0 Å². The van der Waals surface area contributed by atoms with E-state index in [1.165, 1.54) is 5.56 Å². The number of carbonyl (C=O) groups is 1. The molecule has 4 rings (SSSR count). The quantitative estimate of drug-likeness (QED) is 0.449. The number of nitriles is 1. The largest absolute Gasteiger partial charge is 0.390 e. The van der Waals surface area contributed by atoms with Gasteiger partial charge < -0.3 is 15.3 Å². The first-order valence-electron chi connectivity index (χ1n) is 12.6. The topological polar surface area (TPSA) is 119 Å². The van der Waals surface area contributed by atoms with Crippen LogP contribution in [0, 0.1) is 17.2 Å². The Morgan fingerprint density at radius 2 is 1.73 bits per heavy atom. The van der Waals surface area contributed by atoms with Gasteiger partial charge in [-0.15, -0.1) is 5.10 Å². The van der Waals surface area contributed by atoms with Gasteiger partial charge in [0, 0.05) is 18.8 Å². The normalized spacial score (nSPS) is 14.8. The Kier molecular flexibility index (Phi) is 7.23. The van der Waals surface area contributed by atoms with E-state index in [1.54, 1.807) is 23.0 Å². The van der Waals surface area contributed by atoms with Gasteiger partial charge in [-0.2, -0.15) is 5.26 Å². The molecule has 1 aliphatic heterocycles. The number of carbonyl (C=O) groups excluding carboxylic acids is 1. The summed E-state index contributed by atoms with van der Waals surface area (Å²) in [6, 6.07) is 15.1. The van der Waals surface area contributed by atoms with Crippen LogP contribution in [-0.4, -0.2) is 44.8 Å². The number of anilines is 3. The number of aromatic nitrogens is 3. The summed E-state index contributed by atoms with van der Waals surface area (Å²) in [5.41, 5.74) is 3.25. The number of hydrogen-bond acceptors (Lipinski definition) is 6. The number of hydrogen-bond donors (Lipinski definition) is 3. The van der Waals surface area contributed by atoms with Gasteiger partial charge in [0.05, 0.1) is 28.7 Å². The molecule has 1 fully saturated rings. The van der Waals surface area contributed by atoms with Crippen LogP contribution in [0.5, 0.6) is 0 Å². The zero-order valence-corrected chi connectivity index (χ0v) is 22.1. The third kappa shape index (κ3) is 6.27. The Bertz CT molecular complexity index is 1290. The van der Waals surface area contributed by atoms with E-state index in [2.05, 4.69) is 64.8 Å². The molecule has 37 heavy (non-hydrogen) atoms. The van der Waals surface area contributed by atoms with Gasteiger partial charge >= 0.3 is 6.03 Å². The highest BCUT2D eigenvalue weighted by Crippen LogP contribution is 2.32. The molecule has 0 aliphatic carbocycles. The number of piperidine rings is 1. The van der Waals surface area contributed by atoms with Gasteiger partial charge in [0.15, 0.2) is 5.82 Å². The van der Waals surface area contributed by atoms with Crippen molar-refractivity contribution in [2.75, 3.05) is 28.6 Å². The molecule has 2 heterocycles. The molecule has 1 aromatic heterocycles. The molecular weight excluding hydrogens is 466 g/mol. The number of aliphatic hydroxyl groups is 1. The molecule has 3 N–H and O–H groups in total. The van der Waals surface area contributed by atoms with Gasteiger partial charge in [0.1, 0.15) is 6.07 Å². The molecule has 0 radical (unpaired) electrons. The molecule has 0 atom stereocenters. The van der Waals surface area contributed by atoms with Crippen LogP contribution in [-0.2, 0) is 5.41 Å². The molecule has 0 spiro atoms. The predicted molar refractivity (Wildman–Crippen MR) is 145 cm³/mol. The van der Waals surface area contributed by atoms with Crippen LogP contribution in [0.15, 0.2) is 48.7 Å². The molecule has 0 bridgehead atoms. The van der Waals surface area contributed by atoms with Gasteiger partial charge in [-0.3, -0.25) is 5.32 Å². The molecule has 3 aromatic rings. The summed E-state index contributed by atoms with van der Waals surface area (Å²) in [7, 11) is 0. The maximum atomic E-state index is 12.6. The van der Waals surface area contributed by atoms with E-state index in [0.29, 0.717) is 17.1 Å². The van der Waals surface area contributed by atoms with Gasteiger partial charge in [0.2, 0.25) is 0 Å². The van der Waals surface area contributed by atoms with E-state index >= 15 is 0 Å².